The smallest absolute Gasteiger partial charge is 0.313 e. The molecular formula is C15H16O3. The minimum atomic E-state index is -0.294. The zero-order valence-electron chi connectivity index (χ0n) is 10.8. The van der Waals surface area contributed by atoms with E-state index >= 15 is 0 Å². The first-order chi connectivity index (χ1) is 8.60. The molecule has 0 saturated heterocycles. The fourth-order valence-electron chi connectivity index (χ4n) is 1.87. The Labute approximate surface area is 106 Å². The van der Waals surface area contributed by atoms with Crippen LogP contribution < -0.4 is 0 Å². The molecular weight excluding hydrogens is 228 g/mol. The highest BCUT2D eigenvalue weighted by molar-refractivity contribution is 5.76. The van der Waals surface area contributed by atoms with Crippen molar-refractivity contribution in [3.63, 3.8) is 0 Å². The summed E-state index contributed by atoms with van der Waals surface area (Å²) in [6.07, 6.45) is 0.160. The average Bonchev–Trinajstić information content (AvgIpc) is 2.71. The molecule has 2 rings (SSSR count). The van der Waals surface area contributed by atoms with Crippen LogP contribution in [0.2, 0.25) is 0 Å². The normalized spacial score (nSPS) is 10.4. The fourth-order valence-corrected chi connectivity index (χ4v) is 1.87. The van der Waals surface area contributed by atoms with Gasteiger partial charge in [-0.1, -0.05) is 29.8 Å². The van der Waals surface area contributed by atoms with E-state index in [9.17, 15) is 4.79 Å². The van der Waals surface area contributed by atoms with Gasteiger partial charge in [0.05, 0.1) is 7.11 Å². The predicted octanol–water partition coefficient (Wildman–Crippen LogP) is 3.28. The summed E-state index contributed by atoms with van der Waals surface area (Å²) >= 11 is 0. The van der Waals surface area contributed by atoms with E-state index < -0.39 is 0 Å². The number of furan rings is 1. The number of methoxy groups -OCH3 is 1. The molecule has 0 amide bonds. The van der Waals surface area contributed by atoms with Crippen molar-refractivity contribution in [1.29, 1.82) is 0 Å². The van der Waals surface area contributed by atoms with Crippen LogP contribution in [0.3, 0.4) is 0 Å². The molecule has 0 saturated carbocycles. The van der Waals surface area contributed by atoms with E-state index in [0.29, 0.717) is 5.76 Å². The highest BCUT2D eigenvalue weighted by Crippen LogP contribution is 2.28. The number of esters is 1. The van der Waals surface area contributed by atoms with Crippen molar-refractivity contribution in [2.75, 3.05) is 7.11 Å². The SMILES string of the molecule is COC(=O)Cc1oc(C)cc1-c1ccc(C)cc1. The summed E-state index contributed by atoms with van der Waals surface area (Å²) in [7, 11) is 1.38. The topological polar surface area (TPSA) is 39.4 Å². The van der Waals surface area contributed by atoms with Gasteiger partial charge in [-0.2, -0.15) is 0 Å². The first kappa shape index (κ1) is 12.4. The Balaban J connectivity index is 2.37. The molecule has 0 radical (unpaired) electrons. The van der Waals surface area contributed by atoms with Crippen molar-refractivity contribution in [1.82, 2.24) is 0 Å². The third-order valence-corrected chi connectivity index (χ3v) is 2.83. The quantitative estimate of drug-likeness (QED) is 0.778. The lowest BCUT2D eigenvalue weighted by atomic mass is 10.0. The number of rotatable bonds is 3. The Hall–Kier alpha value is -2.03. The third kappa shape index (κ3) is 2.62. The van der Waals surface area contributed by atoms with Crippen LogP contribution in [0.4, 0.5) is 0 Å². The Kier molecular flexibility index (Phi) is 3.51. The fraction of sp³-hybridized carbons (Fsp3) is 0.267. The third-order valence-electron chi connectivity index (χ3n) is 2.83. The number of hydrogen-bond acceptors (Lipinski definition) is 3. The molecule has 0 aliphatic carbocycles. The van der Waals surface area contributed by atoms with Crippen LogP contribution in [-0.2, 0) is 16.0 Å². The van der Waals surface area contributed by atoms with Gasteiger partial charge in [0.1, 0.15) is 17.9 Å². The van der Waals surface area contributed by atoms with Crippen LogP contribution in [0.5, 0.6) is 0 Å². The number of hydrogen-bond donors (Lipinski definition) is 0. The molecule has 18 heavy (non-hydrogen) atoms. The van der Waals surface area contributed by atoms with Crippen LogP contribution in [0.1, 0.15) is 17.1 Å². The Morgan fingerprint density at radius 1 is 1.22 bits per heavy atom. The molecule has 0 bridgehead atoms. The molecule has 0 atom stereocenters. The van der Waals surface area contributed by atoms with E-state index in [4.69, 9.17) is 4.42 Å². The summed E-state index contributed by atoms with van der Waals surface area (Å²) in [5.74, 6) is 1.16. The first-order valence-electron chi connectivity index (χ1n) is 5.83. The van der Waals surface area contributed by atoms with Gasteiger partial charge < -0.3 is 9.15 Å². The van der Waals surface area contributed by atoms with Gasteiger partial charge in [-0.25, -0.2) is 0 Å². The average molecular weight is 244 g/mol. The molecule has 0 aliphatic rings. The molecule has 0 N–H and O–H groups in total. The number of ether oxygens (including phenoxy) is 1. The van der Waals surface area contributed by atoms with Crippen molar-refractivity contribution in [3.8, 4) is 11.1 Å². The minimum absolute atomic E-state index is 0.160. The maximum absolute atomic E-state index is 11.3. The summed E-state index contributed by atoms with van der Waals surface area (Å²) in [4.78, 5) is 11.3. The molecule has 0 spiro atoms. The second kappa shape index (κ2) is 5.08. The molecule has 0 unspecified atom stereocenters. The van der Waals surface area contributed by atoms with Crippen LogP contribution in [0.25, 0.3) is 11.1 Å². The lowest BCUT2D eigenvalue weighted by Crippen LogP contribution is -2.04. The van der Waals surface area contributed by atoms with Crippen LogP contribution in [0, 0.1) is 13.8 Å². The maximum atomic E-state index is 11.3. The highest BCUT2D eigenvalue weighted by atomic mass is 16.5. The van der Waals surface area contributed by atoms with Gasteiger partial charge in [-0.3, -0.25) is 4.79 Å². The van der Waals surface area contributed by atoms with E-state index in [1.54, 1.807) is 0 Å². The van der Waals surface area contributed by atoms with Gasteiger partial charge in [0.2, 0.25) is 0 Å². The summed E-state index contributed by atoms with van der Waals surface area (Å²) in [6.45, 7) is 3.91. The Bertz CT molecular complexity index is 550. The standard InChI is InChI=1S/C15H16O3/c1-10-4-6-12(7-5-10)13-8-11(2)18-14(13)9-15(16)17-3/h4-8H,9H2,1-3H3. The highest BCUT2D eigenvalue weighted by Gasteiger charge is 2.14. The summed E-state index contributed by atoms with van der Waals surface area (Å²) in [6, 6.07) is 10.1. The molecule has 1 heterocycles. The van der Waals surface area contributed by atoms with Crippen molar-refractivity contribution >= 4 is 5.97 Å². The number of carbonyl (C=O) groups excluding carboxylic acids is 1. The van der Waals surface area contributed by atoms with E-state index in [1.807, 2.05) is 44.2 Å². The van der Waals surface area contributed by atoms with Crippen molar-refractivity contribution < 1.29 is 13.9 Å². The number of aryl methyl sites for hydroxylation is 2. The van der Waals surface area contributed by atoms with Gasteiger partial charge in [-0.15, -0.1) is 0 Å². The molecule has 94 valence electrons. The molecule has 1 aromatic carbocycles. The van der Waals surface area contributed by atoms with Crippen LogP contribution >= 0.6 is 0 Å². The molecule has 1 aromatic heterocycles. The van der Waals surface area contributed by atoms with E-state index in [0.717, 1.165) is 16.9 Å². The Morgan fingerprint density at radius 3 is 2.50 bits per heavy atom. The molecule has 2 aromatic rings. The Morgan fingerprint density at radius 2 is 1.89 bits per heavy atom. The van der Waals surface area contributed by atoms with Gasteiger partial charge in [0.15, 0.2) is 0 Å². The predicted molar refractivity (Wildman–Crippen MR) is 69.3 cm³/mol. The van der Waals surface area contributed by atoms with Crippen molar-refractivity contribution in [2.24, 2.45) is 0 Å². The minimum Gasteiger partial charge on any atom is -0.469 e. The van der Waals surface area contributed by atoms with E-state index in [1.165, 1.54) is 12.7 Å². The number of carbonyl (C=O) groups is 1. The molecule has 3 heteroatoms. The molecule has 3 nitrogen and oxygen atoms in total. The summed E-state index contributed by atoms with van der Waals surface area (Å²) in [5, 5.41) is 0. The maximum Gasteiger partial charge on any atom is 0.313 e. The second-order valence-electron chi connectivity index (χ2n) is 4.31. The zero-order valence-corrected chi connectivity index (χ0v) is 10.8. The second-order valence-corrected chi connectivity index (χ2v) is 4.31. The lowest BCUT2D eigenvalue weighted by molar-refractivity contribution is -0.140. The molecule has 0 fully saturated rings. The van der Waals surface area contributed by atoms with Gasteiger partial charge in [-0.05, 0) is 25.5 Å². The van der Waals surface area contributed by atoms with Gasteiger partial charge in [0.25, 0.3) is 0 Å². The monoisotopic (exact) mass is 244 g/mol. The van der Waals surface area contributed by atoms with Crippen LogP contribution in [-0.4, -0.2) is 13.1 Å². The lowest BCUT2D eigenvalue weighted by Gasteiger charge is -2.02. The summed E-state index contributed by atoms with van der Waals surface area (Å²) in [5.41, 5.74) is 3.21. The van der Waals surface area contributed by atoms with Crippen LogP contribution in [0.15, 0.2) is 34.7 Å². The summed E-state index contributed by atoms with van der Waals surface area (Å²) < 4.78 is 10.2. The van der Waals surface area contributed by atoms with Gasteiger partial charge >= 0.3 is 5.97 Å². The molecule has 0 aliphatic heterocycles. The first-order valence-corrected chi connectivity index (χ1v) is 5.83. The number of benzene rings is 1. The van der Waals surface area contributed by atoms with Crippen molar-refractivity contribution in [3.05, 3.63) is 47.4 Å². The van der Waals surface area contributed by atoms with E-state index in [2.05, 4.69) is 4.74 Å². The van der Waals surface area contributed by atoms with Crippen molar-refractivity contribution in [2.45, 2.75) is 20.3 Å². The zero-order chi connectivity index (χ0) is 13.1. The van der Waals surface area contributed by atoms with E-state index in [-0.39, 0.29) is 12.4 Å². The largest absolute Gasteiger partial charge is 0.469 e. The van der Waals surface area contributed by atoms with Gasteiger partial charge in [0, 0.05) is 5.56 Å².